The van der Waals surface area contributed by atoms with Crippen molar-refractivity contribution in [3.8, 4) is 11.5 Å². The molecule has 0 saturated carbocycles. The van der Waals surface area contributed by atoms with Crippen molar-refractivity contribution < 1.29 is 30.4 Å². The van der Waals surface area contributed by atoms with Gasteiger partial charge in [-0.1, -0.05) is 12.1 Å². The third-order valence-corrected chi connectivity index (χ3v) is 4.43. The van der Waals surface area contributed by atoms with Crippen LogP contribution in [0.25, 0.3) is 0 Å². The molecule has 6 N–H and O–H groups in total. The van der Waals surface area contributed by atoms with Crippen molar-refractivity contribution in [2.75, 3.05) is 0 Å². The average molecular weight is 412 g/mol. The van der Waals surface area contributed by atoms with Gasteiger partial charge in [-0.2, -0.15) is 9.98 Å². The highest BCUT2D eigenvalue weighted by molar-refractivity contribution is 5.92. The molecule has 0 saturated heterocycles. The smallest absolute Gasteiger partial charge is 0.375 e. The molecule has 0 amide bonds. The van der Waals surface area contributed by atoms with Gasteiger partial charge in [0, 0.05) is 38.6 Å². The van der Waals surface area contributed by atoms with E-state index in [1.807, 2.05) is 0 Å². The van der Waals surface area contributed by atoms with Gasteiger partial charge in [-0.3, -0.25) is 9.59 Å². The summed E-state index contributed by atoms with van der Waals surface area (Å²) in [4.78, 5) is 29.0. The van der Waals surface area contributed by atoms with Gasteiger partial charge in [0.25, 0.3) is 22.5 Å². The first-order chi connectivity index (χ1) is 14.2. The third-order valence-electron chi connectivity index (χ3n) is 4.43. The standard InChI is InChI=1S/C20H18N4O6/c1-23-9-7-11(15(25)19(23)29)17(27)21-13-5-3-4-6-14(13)22-18(28)12-8-10-24(2)20(30)16(12)26/h3-10,25-26H,1-2H3,(H,21,27)(H,22,28)/p+2. The molecule has 30 heavy (non-hydrogen) atoms. The van der Waals surface area contributed by atoms with Crippen LogP contribution >= 0.6 is 0 Å². The zero-order chi connectivity index (χ0) is 22.0. The van der Waals surface area contributed by atoms with E-state index in [-0.39, 0.29) is 22.5 Å². The van der Waals surface area contributed by atoms with Gasteiger partial charge in [0.1, 0.15) is 11.1 Å². The zero-order valence-electron chi connectivity index (χ0n) is 16.1. The number of pyridine rings is 2. The van der Waals surface area contributed by atoms with Crippen LogP contribution in [-0.4, -0.2) is 41.4 Å². The van der Waals surface area contributed by atoms with Gasteiger partial charge < -0.3 is 29.6 Å². The molecule has 0 fully saturated rings. The number of aromatic nitrogens is 2. The molecule has 0 spiro atoms. The summed E-state index contributed by atoms with van der Waals surface area (Å²) in [6.07, 6.45) is 2.77. The summed E-state index contributed by atoms with van der Waals surface area (Å²) < 4.78 is 2.32. The molecule has 3 rings (SSSR count). The first-order valence-electron chi connectivity index (χ1n) is 8.73. The molecular weight excluding hydrogens is 392 g/mol. The number of nitrogens with one attached hydrogen (secondary N) is 2. The second-order valence-corrected chi connectivity index (χ2v) is 6.48. The zero-order valence-corrected chi connectivity index (χ0v) is 16.1. The fourth-order valence-electron chi connectivity index (χ4n) is 2.70. The number of benzene rings is 1. The predicted molar refractivity (Wildman–Crippen MR) is 108 cm³/mol. The molecule has 0 atom stereocenters. The molecule has 2 aromatic heterocycles. The lowest BCUT2D eigenvalue weighted by Crippen LogP contribution is -2.73. The maximum Gasteiger partial charge on any atom is 0.375 e. The van der Waals surface area contributed by atoms with Crippen LogP contribution < -0.4 is 21.1 Å². The van der Waals surface area contributed by atoms with E-state index in [9.17, 15) is 30.0 Å². The van der Waals surface area contributed by atoms with E-state index in [0.29, 0.717) is 0 Å². The van der Waals surface area contributed by atoms with Crippen molar-refractivity contribution in [3.63, 3.8) is 0 Å². The number of aliphatic hydroxyl groups is 2. The van der Waals surface area contributed by atoms with Crippen molar-refractivity contribution in [3.05, 3.63) is 80.6 Å². The number of aryl methyl sites for hydroxylation is 2. The molecule has 0 aliphatic carbocycles. The van der Waals surface area contributed by atoms with Crippen LogP contribution in [0, 0.1) is 0 Å². The number of aromatic hydroxyl groups is 2. The normalized spacial score (nSPS) is 12.2. The highest BCUT2D eigenvalue weighted by Gasteiger charge is 2.22. The van der Waals surface area contributed by atoms with E-state index in [1.54, 1.807) is 24.3 Å². The van der Waals surface area contributed by atoms with Crippen LogP contribution in [0.2, 0.25) is 0 Å². The molecule has 0 aliphatic rings. The Kier molecular flexibility index (Phi) is 5.41. The van der Waals surface area contributed by atoms with E-state index >= 15 is 0 Å². The second kappa shape index (κ2) is 7.95. The molecule has 154 valence electrons. The SMILES string of the molecule is Cn1ccc(C(O)=[NH+]c2ccccc2[NH+]=C(O)c2ccn(C)c(=O)c2O)c(O)c1=O. The summed E-state index contributed by atoms with van der Waals surface area (Å²) >= 11 is 0. The van der Waals surface area contributed by atoms with Gasteiger partial charge in [0.2, 0.25) is 0 Å². The van der Waals surface area contributed by atoms with E-state index in [1.165, 1.54) is 38.6 Å². The molecule has 2 heterocycles. The number of para-hydroxylation sites is 2. The molecule has 10 nitrogen and oxygen atoms in total. The summed E-state index contributed by atoms with van der Waals surface area (Å²) in [6.45, 7) is 0. The van der Waals surface area contributed by atoms with Gasteiger partial charge in [-0.05, 0) is 12.1 Å². The minimum absolute atomic E-state index is 0.106. The minimum Gasteiger partial charge on any atom is -0.502 e. The Labute approximate surface area is 169 Å². The Balaban J connectivity index is 2.07. The van der Waals surface area contributed by atoms with E-state index in [0.717, 1.165) is 9.13 Å². The lowest BCUT2D eigenvalue weighted by Gasteiger charge is -2.02. The lowest BCUT2D eigenvalue weighted by atomic mass is 10.2. The Morgan fingerprint density at radius 1 is 0.733 bits per heavy atom. The van der Waals surface area contributed by atoms with E-state index in [4.69, 9.17) is 0 Å². The Bertz CT molecular complexity index is 1200. The molecule has 0 radical (unpaired) electrons. The Morgan fingerprint density at radius 2 is 1.10 bits per heavy atom. The summed E-state index contributed by atoms with van der Waals surface area (Å²) in [5.41, 5.74) is -1.01. The van der Waals surface area contributed by atoms with Gasteiger partial charge in [0.15, 0.2) is 11.5 Å². The van der Waals surface area contributed by atoms with Gasteiger partial charge >= 0.3 is 11.8 Å². The van der Waals surface area contributed by atoms with Gasteiger partial charge in [0.05, 0.1) is 0 Å². The molecule has 0 aliphatic heterocycles. The largest absolute Gasteiger partial charge is 0.502 e. The first kappa shape index (κ1) is 20.4. The van der Waals surface area contributed by atoms with Gasteiger partial charge in [-0.15, -0.1) is 0 Å². The van der Waals surface area contributed by atoms with Crippen molar-refractivity contribution in [1.29, 1.82) is 0 Å². The first-order valence-corrected chi connectivity index (χ1v) is 8.73. The maximum atomic E-state index is 11.9. The van der Waals surface area contributed by atoms with Crippen LogP contribution in [0.5, 0.6) is 11.5 Å². The van der Waals surface area contributed by atoms with Crippen LogP contribution in [0.15, 0.2) is 58.4 Å². The summed E-state index contributed by atoms with van der Waals surface area (Å²) in [6, 6.07) is 9.14. The van der Waals surface area contributed by atoms with E-state index in [2.05, 4.69) is 9.98 Å². The highest BCUT2D eigenvalue weighted by Crippen LogP contribution is 2.12. The van der Waals surface area contributed by atoms with Crippen LogP contribution in [-0.2, 0) is 14.1 Å². The van der Waals surface area contributed by atoms with E-state index < -0.39 is 34.4 Å². The number of rotatable bonds is 4. The van der Waals surface area contributed by atoms with Crippen molar-refractivity contribution in [1.82, 2.24) is 9.13 Å². The lowest BCUT2D eigenvalue weighted by molar-refractivity contribution is -0.404. The third kappa shape index (κ3) is 3.78. The molecule has 10 heteroatoms. The average Bonchev–Trinajstić information content (AvgIpc) is 2.71. The van der Waals surface area contributed by atoms with Gasteiger partial charge in [-0.25, -0.2) is 0 Å². The quantitative estimate of drug-likeness (QED) is 0.214. The molecule has 1 aromatic carbocycles. The van der Waals surface area contributed by atoms with Crippen molar-refractivity contribution >= 4 is 23.2 Å². The fraction of sp³-hybridized carbons (Fsp3) is 0.100. The number of hydrogen-bond donors (Lipinski definition) is 6. The molecule has 3 aromatic rings. The number of nitrogens with zero attached hydrogens (tertiary/aromatic N) is 2. The van der Waals surface area contributed by atoms with Crippen LogP contribution in [0.4, 0.5) is 11.4 Å². The second-order valence-electron chi connectivity index (χ2n) is 6.48. The summed E-state index contributed by atoms with van der Waals surface area (Å²) in [5.74, 6) is -2.24. The van der Waals surface area contributed by atoms with Crippen molar-refractivity contribution in [2.45, 2.75) is 0 Å². The minimum atomic E-state index is -0.681. The molecular formula is C20H20N4O6+2. The number of aliphatic hydroxyl groups excluding tert-OH is 2. The molecule has 0 bridgehead atoms. The van der Waals surface area contributed by atoms with Crippen molar-refractivity contribution in [2.24, 2.45) is 14.1 Å². The van der Waals surface area contributed by atoms with Crippen LogP contribution in [0.3, 0.4) is 0 Å². The van der Waals surface area contributed by atoms with Crippen LogP contribution in [0.1, 0.15) is 11.1 Å². The predicted octanol–water partition coefficient (Wildman–Crippen LogP) is -2.07. The summed E-state index contributed by atoms with van der Waals surface area (Å²) in [7, 11) is 2.92. The monoisotopic (exact) mass is 412 g/mol. The number of hydrogen-bond acceptors (Lipinski definition) is 4. The molecule has 0 unspecified atom stereocenters. The summed E-state index contributed by atoms with van der Waals surface area (Å²) in [5, 5.41) is 40.7. The maximum absolute atomic E-state index is 11.9. The fourth-order valence-corrected chi connectivity index (χ4v) is 2.70. The Hall–Kier alpha value is -4.34. The topological polar surface area (TPSA) is 153 Å². The highest BCUT2D eigenvalue weighted by atomic mass is 16.3. The Morgan fingerprint density at radius 3 is 1.47 bits per heavy atom.